The van der Waals surface area contributed by atoms with Gasteiger partial charge in [-0.25, -0.2) is 0 Å². The van der Waals surface area contributed by atoms with Gasteiger partial charge >= 0.3 is 5.97 Å². The van der Waals surface area contributed by atoms with Crippen molar-refractivity contribution in [1.82, 2.24) is 16.0 Å². The summed E-state index contributed by atoms with van der Waals surface area (Å²) in [6.07, 6.45) is -0.0117. The van der Waals surface area contributed by atoms with E-state index in [1.54, 1.807) is 0 Å². The van der Waals surface area contributed by atoms with Crippen molar-refractivity contribution >= 4 is 23.6 Å². The first kappa shape index (κ1) is 17.0. The number of hydrogen-bond donors (Lipinski definition) is 4. The van der Waals surface area contributed by atoms with Crippen LogP contribution < -0.4 is 16.0 Å². The number of aliphatic carboxylic acids is 1. The minimum Gasteiger partial charge on any atom is -0.481 e. The van der Waals surface area contributed by atoms with Gasteiger partial charge < -0.3 is 21.1 Å². The monoisotopic (exact) mass is 273 g/mol. The molecule has 4 N–H and O–H groups in total. The molecule has 0 heterocycles. The fraction of sp³-hybridized carbons (Fsp3) is 0.636. The van der Waals surface area contributed by atoms with Crippen LogP contribution >= 0.6 is 0 Å². The zero-order chi connectivity index (χ0) is 14.8. The Bertz CT molecular complexity index is 356. The van der Waals surface area contributed by atoms with Crippen molar-refractivity contribution in [3.8, 4) is 0 Å². The molecule has 0 aliphatic rings. The van der Waals surface area contributed by atoms with Gasteiger partial charge in [0.2, 0.25) is 11.8 Å². The van der Waals surface area contributed by atoms with Crippen LogP contribution in [0, 0.1) is 0 Å². The van der Waals surface area contributed by atoms with Crippen molar-refractivity contribution in [2.45, 2.75) is 25.8 Å². The van der Waals surface area contributed by atoms with Crippen LogP contribution in [0.15, 0.2) is 0 Å². The summed E-state index contributed by atoms with van der Waals surface area (Å²) in [4.78, 5) is 43.9. The number of nitrogens with one attached hydrogen (secondary N) is 3. The van der Waals surface area contributed by atoms with Crippen molar-refractivity contribution in [1.29, 1.82) is 0 Å². The molecular formula is C11H19N3O5. The average Bonchev–Trinajstić information content (AvgIpc) is 2.34. The minimum absolute atomic E-state index is 0.0802. The van der Waals surface area contributed by atoms with Gasteiger partial charge in [-0.05, 0) is 20.4 Å². The first-order chi connectivity index (χ1) is 8.86. The number of hydrogen-bond acceptors (Lipinski definition) is 5. The second-order valence-corrected chi connectivity index (χ2v) is 3.97. The molecule has 108 valence electrons. The molecule has 8 nitrogen and oxygen atoms in total. The first-order valence-electron chi connectivity index (χ1n) is 5.79. The molecule has 0 fully saturated rings. The van der Waals surface area contributed by atoms with Crippen LogP contribution in [-0.4, -0.2) is 54.9 Å². The van der Waals surface area contributed by atoms with Crippen LogP contribution in [0.4, 0.5) is 0 Å². The van der Waals surface area contributed by atoms with E-state index in [-0.39, 0.29) is 31.7 Å². The number of carbonyl (C=O) groups is 4. The lowest BCUT2D eigenvalue weighted by Gasteiger charge is -2.14. The van der Waals surface area contributed by atoms with E-state index in [1.807, 2.05) is 0 Å². The maximum Gasteiger partial charge on any atom is 0.303 e. The van der Waals surface area contributed by atoms with Gasteiger partial charge in [-0.3, -0.25) is 19.2 Å². The number of carboxylic acids is 1. The fourth-order valence-corrected chi connectivity index (χ4v) is 1.25. The van der Waals surface area contributed by atoms with Gasteiger partial charge in [-0.2, -0.15) is 0 Å². The number of Topliss-reactive ketones (excluding diaryl/α,β-unsaturated/α-hetero) is 1. The molecule has 19 heavy (non-hydrogen) atoms. The van der Waals surface area contributed by atoms with Gasteiger partial charge in [0.15, 0.2) is 0 Å². The van der Waals surface area contributed by atoms with Crippen molar-refractivity contribution in [3.05, 3.63) is 0 Å². The van der Waals surface area contributed by atoms with Crippen LogP contribution in [0.3, 0.4) is 0 Å². The van der Waals surface area contributed by atoms with Gasteiger partial charge in [0.1, 0.15) is 5.78 Å². The van der Waals surface area contributed by atoms with Crippen molar-refractivity contribution in [3.63, 3.8) is 0 Å². The molecule has 0 saturated heterocycles. The summed E-state index contributed by atoms with van der Waals surface area (Å²) < 4.78 is 0. The third-order valence-corrected chi connectivity index (χ3v) is 2.27. The Morgan fingerprint density at radius 2 is 1.74 bits per heavy atom. The van der Waals surface area contributed by atoms with Crippen LogP contribution in [0.2, 0.25) is 0 Å². The van der Waals surface area contributed by atoms with Crippen LogP contribution in [0.5, 0.6) is 0 Å². The summed E-state index contributed by atoms with van der Waals surface area (Å²) in [5.41, 5.74) is 0. The highest BCUT2D eigenvalue weighted by Crippen LogP contribution is 1.96. The lowest BCUT2D eigenvalue weighted by atomic mass is 10.1. The van der Waals surface area contributed by atoms with E-state index in [0.29, 0.717) is 0 Å². The molecule has 0 spiro atoms. The third-order valence-electron chi connectivity index (χ3n) is 2.27. The topological polar surface area (TPSA) is 125 Å². The second-order valence-electron chi connectivity index (χ2n) is 3.97. The Labute approximate surface area is 110 Å². The minimum atomic E-state index is -0.993. The number of ketones is 1. The third kappa shape index (κ3) is 8.72. The van der Waals surface area contributed by atoms with E-state index >= 15 is 0 Å². The van der Waals surface area contributed by atoms with Crippen molar-refractivity contribution < 1.29 is 24.3 Å². The number of amides is 2. The fourth-order valence-electron chi connectivity index (χ4n) is 1.25. The molecule has 0 aromatic heterocycles. The van der Waals surface area contributed by atoms with Gasteiger partial charge in [0, 0.05) is 6.42 Å². The quantitative estimate of drug-likeness (QED) is 0.395. The summed E-state index contributed by atoms with van der Waals surface area (Å²) in [5, 5.41) is 15.9. The highest BCUT2D eigenvalue weighted by Gasteiger charge is 2.17. The predicted molar refractivity (Wildman–Crippen MR) is 66.4 cm³/mol. The first-order valence-corrected chi connectivity index (χ1v) is 5.79. The number of carbonyl (C=O) groups excluding carboxylic acids is 3. The lowest BCUT2D eigenvalue weighted by molar-refractivity contribution is -0.137. The SMILES string of the molecule is CN[C@H](CCC(=O)O)C(=O)NCC(=O)NCC(C)=O. The summed E-state index contributed by atoms with van der Waals surface area (Å²) >= 11 is 0. The molecule has 1 atom stereocenters. The maximum absolute atomic E-state index is 11.6. The maximum atomic E-state index is 11.6. The summed E-state index contributed by atoms with van der Waals surface area (Å²) in [6, 6.07) is -0.670. The molecule has 8 heteroatoms. The molecule has 0 rings (SSSR count). The molecule has 0 aliphatic heterocycles. The molecule has 0 aliphatic carbocycles. The Hall–Kier alpha value is -1.96. The molecule has 0 radical (unpaired) electrons. The summed E-state index contributed by atoms with van der Waals surface area (Å²) in [7, 11) is 1.53. The Balaban J connectivity index is 4.02. The molecule has 0 saturated carbocycles. The zero-order valence-corrected chi connectivity index (χ0v) is 11.0. The van der Waals surface area contributed by atoms with E-state index < -0.39 is 23.8 Å². The van der Waals surface area contributed by atoms with E-state index in [4.69, 9.17) is 5.11 Å². The Morgan fingerprint density at radius 3 is 2.21 bits per heavy atom. The van der Waals surface area contributed by atoms with Gasteiger partial charge in [-0.15, -0.1) is 0 Å². The Morgan fingerprint density at radius 1 is 1.11 bits per heavy atom. The smallest absolute Gasteiger partial charge is 0.303 e. The molecule has 0 aromatic carbocycles. The van der Waals surface area contributed by atoms with E-state index in [9.17, 15) is 19.2 Å². The lowest BCUT2D eigenvalue weighted by Crippen LogP contribution is -2.46. The summed E-state index contributed by atoms with van der Waals surface area (Å²) in [5.74, 6) is -2.11. The highest BCUT2D eigenvalue weighted by atomic mass is 16.4. The normalized spacial score (nSPS) is 11.5. The molecule has 0 unspecified atom stereocenters. The van der Waals surface area contributed by atoms with Crippen LogP contribution in [0.25, 0.3) is 0 Å². The number of carboxylic acid groups (broad SMARTS) is 1. The average molecular weight is 273 g/mol. The van der Waals surface area contributed by atoms with E-state index in [1.165, 1.54) is 14.0 Å². The van der Waals surface area contributed by atoms with Gasteiger partial charge in [-0.1, -0.05) is 0 Å². The molecule has 0 aromatic rings. The van der Waals surface area contributed by atoms with Crippen molar-refractivity contribution in [2.24, 2.45) is 0 Å². The molecule has 0 bridgehead atoms. The van der Waals surface area contributed by atoms with Crippen molar-refractivity contribution in [2.75, 3.05) is 20.1 Å². The standard InChI is InChI=1S/C11H19N3O5/c1-7(15)5-13-9(16)6-14-11(19)8(12-2)3-4-10(17)18/h8,12H,3-6H2,1-2H3,(H,13,16)(H,14,19)(H,17,18)/t8-/m1/s1. The van der Waals surface area contributed by atoms with Gasteiger partial charge in [0.05, 0.1) is 19.1 Å². The predicted octanol–water partition coefficient (Wildman–Crippen LogP) is -1.74. The molecular weight excluding hydrogens is 254 g/mol. The highest BCUT2D eigenvalue weighted by molar-refractivity contribution is 5.89. The van der Waals surface area contributed by atoms with Crippen LogP contribution in [0.1, 0.15) is 19.8 Å². The van der Waals surface area contributed by atoms with Gasteiger partial charge in [0.25, 0.3) is 0 Å². The zero-order valence-electron chi connectivity index (χ0n) is 11.0. The number of likely N-dealkylation sites (N-methyl/N-ethyl adjacent to an activating group) is 1. The number of rotatable bonds is 9. The van der Waals surface area contributed by atoms with E-state index in [2.05, 4.69) is 16.0 Å². The Kier molecular flexibility index (Phi) is 8.10. The van der Waals surface area contributed by atoms with E-state index in [0.717, 1.165) is 0 Å². The second kappa shape index (κ2) is 9.03. The van der Waals surface area contributed by atoms with Crippen LogP contribution in [-0.2, 0) is 19.2 Å². The molecule has 2 amide bonds. The largest absolute Gasteiger partial charge is 0.481 e. The summed E-state index contributed by atoms with van der Waals surface area (Å²) in [6.45, 7) is 1.00.